The van der Waals surface area contributed by atoms with E-state index in [1.54, 1.807) is 0 Å². The molecule has 1 heterocycles. The van der Waals surface area contributed by atoms with Gasteiger partial charge in [-0.2, -0.15) is 0 Å². The summed E-state index contributed by atoms with van der Waals surface area (Å²) in [4.78, 5) is 0. The summed E-state index contributed by atoms with van der Waals surface area (Å²) in [5.74, 6) is 0.875. The zero-order valence-corrected chi connectivity index (χ0v) is 12.1. The van der Waals surface area contributed by atoms with Crippen molar-refractivity contribution in [1.29, 1.82) is 0 Å². The van der Waals surface area contributed by atoms with Gasteiger partial charge in [0.05, 0.1) is 0 Å². The third-order valence-electron chi connectivity index (χ3n) is 2.76. The quantitative estimate of drug-likeness (QED) is 0.615. The average Bonchev–Trinajstić information content (AvgIpc) is 2.21. The molecule has 0 aliphatic carbocycles. The van der Waals surface area contributed by atoms with Crippen molar-refractivity contribution in [3.63, 3.8) is 0 Å². The van der Waals surface area contributed by atoms with Gasteiger partial charge in [0.1, 0.15) is 0 Å². The molecule has 0 saturated carbocycles. The van der Waals surface area contributed by atoms with Crippen LogP contribution in [0.2, 0.25) is 0 Å². The molecule has 2 rings (SSSR count). The Morgan fingerprint density at radius 2 is 1.71 bits per heavy atom. The standard InChI is InChI=1S/C12H16N.K/c1-2-4-11(5-3-1)10-12-6-8-13-9-7-12;/h1-5,12H,6-10H2;/q-1;+1. The molecule has 1 aliphatic rings. The van der Waals surface area contributed by atoms with Crippen LogP contribution < -0.4 is 51.4 Å². The van der Waals surface area contributed by atoms with Gasteiger partial charge in [0.15, 0.2) is 0 Å². The number of hydrogen-bond donors (Lipinski definition) is 0. The molecule has 0 aromatic heterocycles. The van der Waals surface area contributed by atoms with Crippen molar-refractivity contribution in [3.8, 4) is 0 Å². The molecule has 1 aliphatic heterocycles. The maximum Gasteiger partial charge on any atom is 1.00 e. The fraction of sp³-hybridized carbons (Fsp3) is 0.500. The van der Waals surface area contributed by atoms with Gasteiger partial charge in [-0.3, -0.25) is 0 Å². The van der Waals surface area contributed by atoms with Crippen LogP contribution in [0, 0.1) is 5.92 Å². The van der Waals surface area contributed by atoms with Crippen LogP contribution in [-0.2, 0) is 6.42 Å². The maximum absolute atomic E-state index is 4.37. The summed E-state index contributed by atoms with van der Waals surface area (Å²) in [6.07, 6.45) is 3.82. The minimum Gasteiger partial charge on any atom is -0.662 e. The van der Waals surface area contributed by atoms with Crippen molar-refractivity contribution in [2.75, 3.05) is 13.1 Å². The SMILES string of the molecule is [K+].c1ccc(CC2CC[N-]CC2)cc1. The molecule has 1 aromatic rings. The van der Waals surface area contributed by atoms with E-state index < -0.39 is 0 Å². The topological polar surface area (TPSA) is 14.1 Å². The van der Waals surface area contributed by atoms with E-state index >= 15 is 0 Å². The minimum atomic E-state index is 0. The molecule has 14 heavy (non-hydrogen) atoms. The number of benzene rings is 1. The average molecular weight is 213 g/mol. The zero-order chi connectivity index (χ0) is 8.93. The molecule has 0 amide bonds. The first-order chi connectivity index (χ1) is 6.45. The van der Waals surface area contributed by atoms with Crippen molar-refractivity contribution in [2.24, 2.45) is 5.92 Å². The molecule has 1 nitrogen and oxygen atoms in total. The molecular weight excluding hydrogens is 197 g/mol. The van der Waals surface area contributed by atoms with Gasteiger partial charge >= 0.3 is 51.4 Å². The molecule has 0 atom stereocenters. The van der Waals surface area contributed by atoms with Gasteiger partial charge < -0.3 is 5.32 Å². The summed E-state index contributed by atoms with van der Waals surface area (Å²) >= 11 is 0. The van der Waals surface area contributed by atoms with E-state index in [4.69, 9.17) is 0 Å². The second kappa shape index (κ2) is 7.15. The minimum absolute atomic E-state index is 0. The first-order valence-electron chi connectivity index (χ1n) is 5.12. The van der Waals surface area contributed by atoms with Crippen LogP contribution in [0.15, 0.2) is 30.3 Å². The number of piperidine rings is 1. The van der Waals surface area contributed by atoms with Gasteiger partial charge in [-0.15, -0.1) is 13.1 Å². The van der Waals surface area contributed by atoms with Crippen LogP contribution >= 0.6 is 0 Å². The van der Waals surface area contributed by atoms with Gasteiger partial charge in [-0.25, -0.2) is 0 Å². The van der Waals surface area contributed by atoms with Crippen LogP contribution in [0.4, 0.5) is 0 Å². The van der Waals surface area contributed by atoms with E-state index in [1.807, 2.05) is 0 Å². The molecule has 70 valence electrons. The van der Waals surface area contributed by atoms with Crippen molar-refractivity contribution in [3.05, 3.63) is 41.2 Å². The fourth-order valence-corrected chi connectivity index (χ4v) is 1.96. The molecule has 0 radical (unpaired) electrons. The van der Waals surface area contributed by atoms with Gasteiger partial charge in [0.2, 0.25) is 0 Å². The molecule has 0 N–H and O–H groups in total. The van der Waals surface area contributed by atoms with E-state index in [0.29, 0.717) is 0 Å². The smallest absolute Gasteiger partial charge is 0.662 e. The van der Waals surface area contributed by atoms with Crippen molar-refractivity contribution in [2.45, 2.75) is 19.3 Å². The molecule has 2 heteroatoms. The molecule has 1 fully saturated rings. The summed E-state index contributed by atoms with van der Waals surface area (Å²) in [7, 11) is 0. The summed E-state index contributed by atoms with van der Waals surface area (Å²) in [5, 5.41) is 4.37. The van der Waals surface area contributed by atoms with Gasteiger partial charge in [-0.1, -0.05) is 43.2 Å². The van der Waals surface area contributed by atoms with E-state index in [9.17, 15) is 0 Å². The Hall–Kier alpha value is 0.816. The van der Waals surface area contributed by atoms with Crippen LogP contribution in [0.25, 0.3) is 5.32 Å². The van der Waals surface area contributed by atoms with E-state index in [-0.39, 0.29) is 51.4 Å². The fourth-order valence-electron chi connectivity index (χ4n) is 1.96. The number of rotatable bonds is 2. The van der Waals surface area contributed by atoms with E-state index in [0.717, 1.165) is 19.0 Å². The van der Waals surface area contributed by atoms with Crippen LogP contribution in [0.1, 0.15) is 18.4 Å². The second-order valence-electron chi connectivity index (χ2n) is 3.80. The van der Waals surface area contributed by atoms with Crippen LogP contribution in [0.3, 0.4) is 0 Å². The van der Waals surface area contributed by atoms with Crippen molar-refractivity contribution < 1.29 is 51.4 Å². The first kappa shape index (κ1) is 12.9. The predicted octanol–water partition coefficient (Wildman–Crippen LogP) is 0.0168. The Labute approximate surface area is 129 Å². The van der Waals surface area contributed by atoms with Gasteiger partial charge in [0.25, 0.3) is 0 Å². The zero-order valence-electron chi connectivity index (χ0n) is 8.95. The third-order valence-corrected chi connectivity index (χ3v) is 2.76. The molecule has 1 saturated heterocycles. The Balaban J connectivity index is 0.000000980. The molecule has 0 unspecified atom stereocenters. The van der Waals surface area contributed by atoms with Gasteiger partial charge in [0, 0.05) is 0 Å². The summed E-state index contributed by atoms with van der Waals surface area (Å²) < 4.78 is 0. The molecule has 1 aromatic carbocycles. The molecule has 0 spiro atoms. The van der Waals surface area contributed by atoms with Crippen molar-refractivity contribution in [1.82, 2.24) is 0 Å². The Kier molecular flexibility index (Phi) is 6.58. The van der Waals surface area contributed by atoms with E-state index in [1.165, 1.54) is 24.8 Å². The largest absolute Gasteiger partial charge is 1.00 e. The van der Waals surface area contributed by atoms with Gasteiger partial charge in [-0.05, 0) is 17.9 Å². The normalized spacial score (nSPS) is 17.4. The molecule has 0 bridgehead atoms. The summed E-state index contributed by atoms with van der Waals surface area (Å²) in [6.45, 7) is 2.16. The van der Waals surface area contributed by atoms with E-state index in [2.05, 4.69) is 35.6 Å². The summed E-state index contributed by atoms with van der Waals surface area (Å²) in [5.41, 5.74) is 1.48. The summed E-state index contributed by atoms with van der Waals surface area (Å²) in [6, 6.07) is 10.8. The number of nitrogens with zero attached hydrogens (tertiary/aromatic N) is 1. The number of hydrogen-bond acceptors (Lipinski definition) is 0. The maximum atomic E-state index is 4.37. The monoisotopic (exact) mass is 213 g/mol. The Morgan fingerprint density at radius 3 is 2.36 bits per heavy atom. The second-order valence-corrected chi connectivity index (χ2v) is 3.80. The Morgan fingerprint density at radius 1 is 1.07 bits per heavy atom. The predicted molar refractivity (Wildman–Crippen MR) is 56.0 cm³/mol. The van der Waals surface area contributed by atoms with Crippen LogP contribution in [-0.4, -0.2) is 13.1 Å². The molecular formula is C12H16KN. The van der Waals surface area contributed by atoms with Crippen LogP contribution in [0.5, 0.6) is 0 Å². The third kappa shape index (κ3) is 4.13. The first-order valence-corrected chi connectivity index (χ1v) is 5.12. The Bertz CT molecular complexity index is 242. The van der Waals surface area contributed by atoms with Crippen molar-refractivity contribution >= 4 is 0 Å².